The number of nitrogens with zero attached hydrogens (tertiary/aromatic N) is 1. The first kappa shape index (κ1) is 17.9. The van der Waals surface area contributed by atoms with Crippen LogP contribution in [0.5, 0.6) is 0 Å². The molecule has 21 heavy (non-hydrogen) atoms. The van der Waals surface area contributed by atoms with E-state index in [1.807, 2.05) is 48.8 Å². The lowest BCUT2D eigenvalue weighted by molar-refractivity contribution is 0.0741. The van der Waals surface area contributed by atoms with Crippen molar-refractivity contribution >= 4 is 23.4 Å². The molecular formula is C17H28N2OS. The Hall–Kier alpha value is -1.16. The maximum absolute atomic E-state index is 12.5. The van der Waals surface area contributed by atoms with Gasteiger partial charge in [-0.3, -0.25) is 4.79 Å². The van der Waals surface area contributed by atoms with Crippen LogP contribution in [0.1, 0.15) is 42.6 Å². The van der Waals surface area contributed by atoms with Gasteiger partial charge in [-0.1, -0.05) is 6.92 Å². The summed E-state index contributed by atoms with van der Waals surface area (Å²) in [5.74, 6) is 1.19. The van der Waals surface area contributed by atoms with Gasteiger partial charge in [-0.15, -0.1) is 0 Å². The lowest BCUT2D eigenvalue weighted by atomic mass is 10.1. The van der Waals surface area contributed by atoms with Crippen LogP contribution in [0, 0.1) is 6.92 Å². The van der Waals surface area contributed by atoms with Gasteiger partial charge in [0.05, 0.1) is 0 Å². The minimum Gasteiger partial charge on any atom is -0.385 e. The molecule has 4 heteroatoms. The topological polar surface area (TPSA) is 32.3 Å². The number of nitrogens with one attached hydrogen (secondary N) is 1. The van der Waals surface area contributed by atoms with Crippen molar-refractivity contribution in [2.45, 2.75) is 39.7 Å². The third-order valence-corrected chi connectivity index (χ3v) is 4.40. The van der Waals surface area contributed by atoms with E-state index >= 15 is 0 Å². The average molecular weight is 308 g/mol. The highest BCUT2D eigenvalue weighted by Crippen LogP contribution is 2.18. The average Bonchev–Trinajstić information content (AvgIpc) is 2.49. The minimum absolute atomic E-state index is 0.105. The summed E-state index contributed by atoms with van der Waals surface area (Å²) in [5.41, 5.74) is 3.01. The molecule has 0 fully saturated rings. The fourth-order valence-corrected chi connectivity index (χ4v) is 2.72. The van der Waals surface area contributed by atoms with Gasteiger partial charge in [0.25, 0.3) is 5.91 Å². The van der Waals surface area contributed by atoms with Gasteiger partial charge in [0.1, 0.15) is 0 Å². The van der Waals surface area contributed by atoms with Gasteiger partial charge in [0.15, 0.2) is 0 Å². The zero-order valence-corrected chi connectivity index (χ0v) is 14.7. The van der Waals surface area contributed by atoms with E-state index in [4.69, 9.17) is 0 Å². The molecule has 1 N–H and O–H groups in total. The quantitative estimate of drug-likeness (QED) is 0.787. The molecule has 0 saturated heterocycles. The van der Waals surface area contributed by atoms with Gasteiger partial charge in [0, 0.05) is 30.9 Å². The normalized spacial score (nSPS) is 12.0. The van der Waals surface area contributed by atoms with Gasteiger partial charge in [-0.05, 0) is 62.5 Å². The van der Waals surface area contributed by atoms with Crippen molar-refractivity contribution < 1.29 is 4.79 Å². The molecule has 0 aliphatic carbocycles. The van der Waals surface area contributed by atoms with Crippen molar-refractivity contribution in [1.82, 2.24) is 4.90 Å². The summed E-state index contributed by atoms with van der Waals surface area (Å²) in [6.07, 6.45) is 4.22. The molecule has 0 aliphatic heterocycles. The molecular weight excluding hydrogens is 280 g/mol. The van der Waals surface area contributed by atoms with Crippen LogP contribution in [0.4, 0.5) is 5.69 Å². The fourth-order valence-electron chi connectivity index (χ4n) is 2.14. The standard InChI is InChI=1S/C17H28N2OS/c1-6-10-18-16-8-7-15(12-13(16)2)17(20)19(4)14(3)9-11-21-5/h7-8,12,14,18H,6,9-11H2,1-5H3. The zero-order valence-electron chi connectivity index (χ0n) is 13.9. The molecule has 0 aromatic heterocycles. The zero-order chi connectivity index (χ0) is 15.8. The van der Waals surface area contributed by atoms with Crippen LogP contribution in [-0.4, -0.2) is 42.4 Å². The summed E-state index contributed by atoms with van der Waals surface area (Å²) in [6, 6.07) is 6.19. The number of rotatable bonds is 8. The molecule has 0 heterocycles. The summed E-state index contributed by atoms with van der Waals surface area (Å²) in [7, 11) is 1.89. The molecule has 1 amide bonds. The maximum atomic E-state index is 12.5. The number of carbonyl (C=O) groups is 1. The summed E-state index contributed by atoms with van der Waals surface area (Å²) in [5, 5.41) is 3.38. The van der Waals surface area contributed by atoms with Crippen molar-refractivity contribution in [2.24, 2.45) is 0 Å². The molecule has 1 rings (SSSR count). The van der Waals surface area contributed by atoms with Crippen LogP contribution >= 0.6 is 11.8 Å². The van der Waals surface area contributed by atoms with E-state index < -0.39 is 0 Å². The van der Waals surface area contributed by atoms with E-state index in [9.17, 15) is 4.79 Å². The third kappa shape index (κ3) is 5.27. The number of anilines is 1. The van der Waals surface area contributed by atoms with Gasteiger partial charge in [-0.2, -0.15) is 11.8 Å². The van der Waals surface area contributed by atoms with Crippen LogP contribution in [0.3, 0.4) is 0 Å². The summed E-state index contributed by atoms with van der Waals surface area (Å²) in [6.45, 7) is 7.26. The van der Waals surface area contributed by atoms with Gasteiger partial charge in [0.2, 0.25) is 0 Å². The Morgan fingerprint density at radius 2 is 2.14 bits per heavy atom. The Morgan fingerprint density at radius 1 is 1.43 bits per heavy atom. The van der Waals surface area contributed by atoms with Crippen molar-refractivity contribution in [3.8, 4) is 0 Å². The van der Waals surface area contributed by atoms with Gasteiger partial charge in [-0.25, -0.2) is 0 Å². The molecule has 0 saturated carbocycles. The van der Waals surface area contributed by atoms with E-state index in [1.54, 1.807) is 0 Å². The van der Waals surface area contributed by atoms with E-state index in [0.717, 1.165) is 42.0 Å². The molecule has 3 nitrogen and oxygen atoms in total. The van der Waals surface area contributed by atoms with E-state index in [2.05, 4.69) is 25.4 Å². The highest BCUT2D eigenvalue weighted by Gasteiger charge is 2.17. The molecule has 1 aromatic rings. The SMILES string of the molecule is CCCNc1ccc(C(=O)N(C)C(C)CCSC)cc1C. The molecule has 0 bridgehead atoms. The third-order valence-electron chi connectivity index (χ3n) is 3.76. The predicted molar refractivity (Wildman–Crippen MR) is 94.5 cm³/mol. The molecule has 0 radical (unpaired) electrons. The molecule has 0 spiro atoms. The van der Waals surface area contributed by atoms with Crippen LogP contribution in [0.2, 0.25) is 0 Å². The number of hydrogen-bond acceptors (Lipinski definition) is 3. The minimum atomic E-state index is 0.105. The Labute approximate surface area is 133 Å². The van der Waals surface area contributed by atoms with Crippen molar-refractivity contribution in [2.75, 3.05) is 30.9 Å². The molecule has 1 unspecified atom stereocenters. The number of aryl methyl sites for hydroxylation is 1. The summed E-state index contributed by atoms with van der Waals surface area (Å²) >= 11 is 1.82. The summed E-state index contributed by atoms with van der Waals surface area (Å²) < 4.78 is 0. The van der Waals surface area contributed by atoms with E-state index in [0.29, 0.717) is 0 Å². The monoisotopic (exact) mass is 308 g/mol. The van der Waals surface area contributed by atoms with E-state index in [1.165, 1.54) is 0 Å². The molecule has 1 atom stereocenters. The summed E-state index contributed by atoms with van der Waals surface area (Å²) in [4.78, 5) is 14.4. The van der Waals surface area contributed by atoms with Crippen LogP contribution < -0.4 is 5.32 Å². The lowest BCUT2D eigenvalue weighted by Gasteiger charge is -2.25. The fraction of sp³-hybridized carbons (Fsp3) is 0.588. The largest absolute Gasteiger partial charge is 0.385 e. The Bertz CT molecular complexity index is 462. The lowest BCUT2D eigenvalue weighted by Crippen LogP contribution is -2.35. The maximum Gasteiger partial charge on any atom is 0.253 e. The highest BCUT2D eigenvalue weighted by molar-refractivity contribution is 7.98. The Morgan fingerprint density at radius 3 is 2.71 bits per heavy atom. The number of hydrogen-bond donors (Lipinski definition) is 1. The highest BCUT2D eigenvalue weighted by atomic mass is 32.2. The number of benzene rings is 1. The van der Waals surface area contributed by atoms with Gasteiger partial charge < -0.3 is 10.2 Å². The molecule has 0 aliphatic rings. The van der Waals surface area contributed by atoms with Crippen molar-refractivity contribution in [3.05, 3.63) is 29.3 Å². The first-order valence-corrected chi connectivity index (χ1v) is 9.01. The van der Waals surface area contributed by atoms with Crippen LogP contribution in [-0.2, 0) is 0 Å². The predicted octanol–water partition coefficient (Wildman–Crippen LogP) is 4.03. The number of amides is 1. The van der Waals surface area contributed by atoms with Crippen molar-refractivity contribution in [3.63, 3.8) is 0 Å². The first-order chi connectivity index (χ1) is 10.0. The molecule has 1 aromatic carbocycles. The second-order valence-corrected chi connectivity index (χ2v) is 6.49. The Balaban J connectivity index is 2.76. The molecule has 118 valence electrons. The van der Waals surface area contributed by atoms with Crippen LogP contribution in [0.15, 0.2) is 18.2 Å². The van der Waals surface area contributed by atoms with E-state index in [-0.39, 0.29) is 11.9 Å². The first-order valence-electron chi connectivity index (χ1n) is 7.61. The van der Waals surface area contributed by atoms with Gasteiger partial charge >= 0.3 is 0 Å². The second kappa shape index (κ2) is 8.98. The van der Waals surface area contributed by atoms with Crippen LogP contribution in [0.25, 0.3) is 0 Å². The second-order valence-electron chi connectivity index (χ2n) is 5.50. The number of thioether (sulfide) groups is 1. The smallest absolute Gasteiger partial charge is 0.253 e. The van der Waals surface area contributed by atoms with Crippen molar-refractivity contribution in [1.29, 1.82) is 0 Å². The Kier molecular flexibility index (Phi) is 7.65. The number of carbonyl (C=O) groups excluding carboxylic acids is 1.